The van der Waals surface area contributed by atoms with E-state index in [0.717, 1.165) is 29.2 Å². The molecule has 1 fully saturated rings. The van der Waals surface area contributed by atoms with Gasteiger partial charge in [-0.3, -0.25) is 19.3 Å². The molecular formula is C25H36N4O4S. The van der Waals surface area contributed by atoms with Gasteiger partial charge in [0, 0.05) is 25.7 Å². The lowest BCUT2D eigenvalue weighted by Gasteiger charge is -2.30. The van der Waals surface area contributed by atoms with E-state index in [4.69, 9.17) is 10.8 Å². The summed E-state index contributed by atoms with van der Waals surface area (Å²) in [5.74, 6) is -0.287. The van der Waals surface area contributed by atoms with Crippen LogP contribution in [0, 0.1) is 0 Å². The van der Waals surface area contributed by atoms with Crippen molar-refractivity contribution in [2.24, 2.45) is 5.73 Å². The summed E-state index contributed by atoms with van der Waals surface area (Å²) >= 11 is 1.86. The van der Waals surface area contributed by atoms with Crippen molar-refractivity contribution in [3.8, 4) is 0 Å². The zero-order valence-electron chi connectivity index (χ0n) is 20.0. The molecule has 3 rings (SSSR count). The first-order valence-corrected chi connectivity index (χ1v) is 12.9. The van der Waals surface area contributed by atoms with Gasteiger partial charge in [-0.1, -0.05) is 49.4 Å². The lowest BCUT2D eigenvalue weighted by atomic mass is 10.0. The van der Waals surface area contributed by atoms with Gasteiger partial charge in [0.1, 0.15) is 6.54 Å². The molecule has 2 aromatic carbocycles. The number of fused-ring (bicyclic) bond motifs is 1. The van der Waals surface area contributed by atoms with E-state index in [9.17, 15) is 14.4 Å². The monoisotopic (exact) mass is 488 g/mol. The van der Waals surface area contributed by atoms with Gasteiger partial charge in [0.15, 0.2) is 0 Å². The Hall–Kier alpha value is -2.62. The number of rotatable bonds is 10. The SMILES string of the molecule is CCSC.NCC(=O)N1CCCC1CN(CC(=O)NCC(=O)O)Cc1cccc2ccccc12. The molecular weight excluding hydrogens is 452 g/mol. The third-order valence-electron chi connectivity index (χ3n) is 5.71. The topological polar surface area (TPSA) is 116 Å². The van der Waals surface area contributed by atoms with Crippen LogP contribution in [0.5, 0.6) is 0 Å². The zero-order valence-corrected chi connectivity index (χ0v) is 20.9. The maximum atomic E-state index is 12.3. The molecule has 9 heteroatoms. The van der Waals surface area contributed by atoms with Crippen LogP contribution in [0.15, 0.2) is 42.5 Å². The van der Waals surface area contributed by atoms with Gasteiger partial charge in [-0.25, -0.2) is 0 Å². The van der Waals surface area contributed by atoms with Crippen LogP contribution in [-0.2, 0) is 20.9 Å². The molecule has 34 heavy (non-hydrogen) atoms. The number of likely N-dealkylation sites (tertiary alicyclic amines) is 1. The van der Waals surface area contributed by atoms with E-state index in [1.807, 2.05) is 59.1 Å². The van der Waals surface area contributed by atoms with Gasteiger partial charge in [0.2, 0.25) is 11.8 Å². The second-order valence-corrected chi connectivity index (χ2v) is 9.30. The third-order valence-corrected chi connectivity index (χ3v) is 6.28. The van der Waals surface area contributed by atoms with Crippen LogP contribution in [-0.4, -0.2) is 83.5 Å². The van der Waals surface area contributed by atoms with Crippen LogP contribution in [0.4, 0.5) is 0 Å². The molecule has 1 heterocycles. The molecule has 1 saturated heterocycles. The molecule has 1 aliphatic rings. The van der Waals surface area contributed by atoms with Crippen LogP contribution in [0.3, 0.4) is 0 Å². The lowest BCUT2D eigenvalue weighted by molar-refractivity contribution is -0.138. The average Bonchev–Trinajstić information content (AvgIpc) is 3.30. The minimum absolute atomic E-state index is 0.0108. The van der Waals surface area contributed by atoms with Crippen LogP contribution in [0.2, 0.25) is 0 Å². The smallest absolute Gasteiger partial charge is 0.322 e. The number of nitrogens with one attached hydrogen (secondary N) is 1. The summed E-state index contributed by atoms with van der Waals surface area (Å²) in [5.41, 5.74) is 6.63. The fraction of sp³-hybridized carbons (Fsp3) is 0.480. The van der Waals surface area contributed by atoms with Gasteiger partial charge < -0.3 is 21.1 Å². The number of nitrogens with two attached hydrogens (primary N) is 1. The van der Waals surface area contributed by atoms with Crippen molar-refractivity contribution in [3.63, 3.8) is 0 Å². The predicted octanol–water partition coefficient (Wildman–Crippen LogP) is 2.16. The van der Waals surface area contributed by atoms with Crippen LogP contribution >= 0.6 is 11.8 Å². The summed E-state index contributed by atoms with van der Waals surface area (Å²) in [6.45, 7) is 3.47. The number of carbonyl (C=O) groups is 3. The maximum absolute atomic E-state index is 12.3. The summed E-state index contributed by atoms with van der Waals surface area (Å²) < 4.78 is 0. The van der Waals surface area contributed by atoms with E-state index in [1.165, 1.54) is 5.75 Å². The number of amides is 2. The molecule has 0 spiro atoms. The molecule has 186 valence electrons. The highest BCUT2D eigenvalue weighted by molar-refractivity contribution is 7.98. The summed E-state index contributed by atoms with van der Waals surface area (Å²) in [6.07, 6.45) is 3.86. The molecule has 8 nitrogen and oxygen atoms in total. The quantitative estimate of drug-likeness (QED) is 0.469. The largest absolute Gasteiger partial charge is 0.480 e. The van der Waals surface area contributed by atoms with Crippen molar-refractivity contribution < 1.29 is 19.5 Å². The number of benzene rings is 2. The van der Waals surface area contributed by atoms with Gasteiger partial charge in [0.25, 0.3) is 0 Å². The van der Waals surface area contributed by atoms with E-state index in [0.29, 0.717) is 19.6 Å². The molecule has 1 aliphatic heterocycles. The van der Waals surface area contributed by atoms with Gasteiger partial charge in [-0.2, -0.15) is 11.8 Å². The van der Waals surface area contributed by atoms with Crippen molar-refractivity contribution in [2.75, 3.05) is 44.7 Å². The van der Waals surface area contributed by atoms with E-state index >= 15 is 0 Å². The minimum atomic E-state index is -1.08. The zero-order chi connectivity index (χ0) is 24.9. The van der Waals surface area contributed by atoms with Crippen LogP contribution in [0.25, 0.3) is 10.8 Å². The van der Waals surface area contributed by atoms with E-state index in [-0.39, 0.29) is 30.9 Å². The standard InChI is InChI=1S/C22H28N4O4.C3H8S/c23-11-21(28)26-10-4-8-18(26)14-25(15-20(27)24-12-22(29)30)13-17-7-3-6-16-5-1-2-9-19(16)17;1-3-4-2/h1-3,5-7,9,18H,4,8,10-15,23H2,(H,24,27)(H,29,30);3H2,1-2H3. The molecule has 0 aliphatic carbocycles. The Bertz CT molecular complexity index is 948. The number of aliphatic carboxylic acids is 1. The maximum Gasteiger partial charge on any atom is 0.322 e. The van der Waals surface area contributed by atoms with Gasteiger partial charge in [0.05, 0.1) is 13.1 Å². The number of nitrogens with zero attached hydrogens (tertiary/aromatic N) is 2. The molecule has 0 bridgehead atoms. The summed E-state index contributed by atoms with van der Waals surface area (Å²) in [4.78, 5) is 39.1. The van der Waals surface area contributed by atoms with Crippen LogP contribution < -0.4 is 11.1 Å². The highest BCUT2D eigenvalue weighted by atomic mass is 32.2. The van der Waals surface area contributed by atoms with E-state index in [1.54, 1.807) is 4.90 Å². The van der Waals surface area contributed by atoms with Gasteiger partial charge in [-0.15, -0.1) is 0 Å². The first kappa shape index (κ1) is 27.6. The number of hydrogen-bond acceptors (Lipinski definition) is 6. The van der Waals surface area contributed by atoms with E-state index in [2.05, 4.69) is 18.5 Å². The summed E-state index contributed by atoms with van der Waals surface area (Å²) in [7, 11) is 0. The minimum Gasteiger partial charge on any atom is -0.480 e. The van der Waals surface area contributed by atoms with E-state index < -0.39 is 12.5 Å². The van der Waals surface area contributed by atoms with Crippen molar-refractivity contribution in [2.45, 2.75) is 32.4 Å². The lowest BCUT2D eigenvalue weighted by Crippen LogP contribution is -2.47. The molecule has 1 unspecified atom stereocenters. The Morgan fingerprint density at radius 2 is 1.91 bits per heavy atom. The second kappa shape index (κ2) is 14.6. The highest BCUT2D eigenvalue weighted by Crippen LogP contribution is 2.22. The first-order chi connectivity index (χ1) is 16.4. The number of carbonyl (C=O) groups excluding carboxylic acids is 2. The number of hydrogen-bond donors (Lipinski definition) is 3. The third kappa shape index (κ3) is 8.62. The highest BCUT2D eigenvalue weighted by Gasteiger charge is 2.30. The Kier molecular flexibility index (Phi) is 11.9. The first-order valence-electron chi connectivity index (χ1n) is 11.6. The Morgan fingerprint density at radius 3 is 2.59 bits per heavy atom. The summed E-state index contributed by atoms with van der Waals surface area (Å²) in [5, 5.41) is 13.5. The molecule has 1 atom stereocenters. The van der Waals surface area contributed by atoms with Crippen LogP contribution in [0.1, 0.15) is 25.3 Å². The van der Waals surface area contributed by atoms with Gasteiger partial charge in [-0.05, 0) is 41.2 Å². The fourth-order valence-electron chi connectivity index (χ4n) is 4.06. The van der Waals surface area contributed by atoms with Gasteiger partial charge >= 0.3 is 5.97 Å². The number of carboxylic acid groups (broad SMARTS) is 1. The van der Waals surface area contributed by atoms with Crippen molar-refractivity contribution >= 4 is 40.3 Å². The number of carboxylic acids is 1. The van der Waals surface area contributed by atoms with Crippen molar-refractivity contribution in [1.82, 2.24) is 15.1 Å². The Labute approximate surface area is 205 Å². The molecule has 0 aromatic heterocycles. The molecule has 2 aromatic rings. The summed E-state index contributed by atoms with van der Waals surface area (Å²) in [6, 6.07) is 14.1. The van der Waals surface area contributed by atoms with Crippen molar-refractivity contribution in [3.05, 3.63) is 48.0 Å². The number of thioether (sulfide) groups is 1. The molecule has 0 saturated carbocycles. The average molecular weight is 489 g/mol. The second-order valence-electron chi connectivity index (χ2n) is 8.14. The Balaban J connectivity index is 0.000000945. The molecule has 0 radical (unpaired) electrons. The Morgan fingerprint density at radius 1 is 1.21 bits per heavy atom. The predicted molar refractivity (Wildman–Crippen MR) is 138 cm³/mol. The fourth-order valence-corrected chi connectivity index (χ4v) is 4.06. The van der Waals surface area contributed by atoms with Crippen molar-refractivity contribution in [1.29, 1.82) is 0 Å². The molecule has 2 amide bonds. The molecule has 4 N–H and O–H groups in total. The normalized spacial score (nSPS) is 15.2.